The van der Waals surface area contributed by atoms with E-state index < -0.39 is 56.2 Å². The number of carboxylic acid groups (broad SMARTS) is 6. The molecule has 0 unspecified atom stereocenters. The summed E-state index contributed by atoms with van der Waals surface area (Å²) < 4.78 is -4.25. The molecular weight excluding hydrogens is 1170 g/mol. The van der Waals surface area contributed by atoms with Gasteiger partial charge in [0.2, 0.25) is 3.79 Å². The number of carbonyl (C=O) groups is 6. The average molecular weight is 1170 g/mol. The third-order valence-corrected chi connectivity index (χ3v) is 4.25. The zero-order valence-corrected chi connectivity index (χ0v) is 48.1. The molecule has 0 aromatic carbocycles. The number of rotatable bonds is 4. The maximum Gasteiger partial charge on any atom is 1.00 e. The predicted octanol–water partition coefficient (Wildman–Crippen LogP) is -19.8. The van der Waals surface area contributed by atoms with Crippen LogP contribution in [0, 0.1) is 0 Å². The maximum atomic E-state index is 9.77. The minimum absolute atomic E-state index is 0. The van der Waals surface area contributed by atoms with Gasteiger partial charge in [-0.05, 0) is 0 Å². The molecule has 0 atom stereocenters. The minimum Gasteiger partial charge on any atom is -0.549 e. The summed E-state index contributed by atoms with van der Waals surface area (Å²) in [7, 11) is 0. The number of carboxylic acids is 6. The van der Waals surface area contributed by atoms with E-state index >= 15 is 0 Å². The molecule has 0 aromatic rings. The molecule has 0 spiro atoms. The molecule has 42 heavy (non-hydrogen) atoms. The van der Waals surface area contributed by atoms with Gasteiger partial charge in [-0.15, -0.1) is 11.6 Å². The zero-order chi connectivity index (χ0) is 31.0. The second-order valence-electron chi connectivity index (χ2n) is 3.82. The maximum absolute atomic E-state index is 9.77. The first-order valence-corrected chi connectivity index (χ1v) is 14.6. The van der Waals surface area contributed by atoms with Crippen LogP contribution in [-0.4, -0.2) is 61.5 Å². The van der Waals surface area contributed by atoms with E-state index in [9.17, 15) is 49.5 Å². The van der Waals surface area contributed by atoms with Gasteiger partial charge in [-0.1, -0.05) is 154 Å². The molecule has 0 aliphatic rings. The monoisotopic (exact) mass is 1160 g/mol. The van der Waals surface area contributed by atoms with Crippen molar-refractivity contribution in [3.63, 3.8) is 0 Å². The Bertz CT molecular complexity index is 641. The van der Waals surface area contributed by atoms with Gasteiger partial charge < -0.3 is 59.4 Å². The molecule has 0 amide bonds. The van der Waals surface area contributed by atoms with E-state index in [2.05, 4.69) is 107 Å². The second kappa shape index (κ2) is 52.8. The molecule has 216 valence electrons. The topological polar surface area (TPSA) is 241 Å². The van der Waals surface area contributed by atoms with Crippen LogP contribution in [-0.2, 0) is 28.8 Å². The summed E-state index contributed by atoms with van der Waals surface area (Å²) in [4.78, 5) is 55.0. The summed E-state index contributed by atoms with van der Waals surface area (Å²) in [5.74, 6) is -8.31. The summed E-state index contributed by atoms with van der Waals surface area (Å²) in [5, 5.41) is 56.4. The molecule has 0 saturated heterocycles. The number of carbonyl (C=O) groups excluding carboxylic acids is 6. The fourth-order valence-corrected chi connectivity index (χ4v) is 0. The molecule has 0 saturated carbocycles. The zero-order valence-electron chi connectivity index (χ0n) is 22.0. The minimum atomic E-state index is -2.28. The number of hydrogen-bond donors (Lipinski definition) is 0. The fourth-order valence-electron chi connectivity index (χ4n) is 0. The molecule has 30 heteroatoms. The van der Waals surface area contributed by atoms with Gasteiger partial charge in [-0.3, -0.25) is 0 Å². The Morgan fingerprint density at radius 3 is 0.762 bits per heavy atom. The van der Waals surface area contributed by atoms with E-state index in [1.54, 1.807) is 0 Å². The van der Waals surface area contributed by atoms with Gasteiger partial charge in [0.25, 0.3) is 0 Å². The van der Waals surface area contributed by atoms with Gasteiger partial charge in [0.05, 0.1) is 41.7 Å². The van der Waals surface area contributed by atoms with E-state index in [-0.39, 0.29) is 183 Å². The van der Waals surface area contributed by atoms with Gasteiger partial charge in [0.1, 0.15) is 8.57 Å². The molecule has 0 heterocycles. The van der Waals surface area contributed by atoms with Crippen LogP contribution in [0.2, 0.25) is 0 Å². The summed E-state index contributed by atoms with van der Waals surface area (Å²) in [6, 6.07) is 0. The van der Waals surface area contributed by atoms with Crippen molar-refractivity contribution in [2.75, 3.05) is 11.2 Å². The Balaban J connectivity index is -0.0000000251. The van der Waals surface area contributed by atoms with Crippen LogP contribution in [0.15, 0.2) is 0 Å². The van der Waals surface area contributed by atoms with Crippen molar-refractivity contribution in [2.24, 2.45) is 0 Å². The van der Waals surface area contributed by atoms with Crippen molar-refractivity contribution < 1.29 is 237 Å². The Kier molecular flexibility index (Phi) is 104. The van der Waals surface area contributed by atoms with Crippen molar-refractivity contribution >= 4 is 201 Å². The Labute approximate surface area is 453 Å². The number of halogens is 12. The van der Waals surface area contributed by atoms with Crippen LogP contribution in [0.5, 0.6) is 0 Å². The Hall–Kier alpha value is 7.44. The molecule has 0 rings (SSSR count). The predicted molar refractivity (Wildman–Crippen MR) is 141 cm³/mol. The molecule has 12 nitrogen and oxygen atoms in total. The van der Waals surface area contributed by atoms with Crippen molar-refractivity contribution in [2.45, 2.75) is 14.5 Å². The van der Waals surface area contributed by atoms with Crippen molar-refractivity contribution in [1.29, 1.82) is 0 Å². The number of aliphatic carboxylic acids is 6. The van der Waals surface area contributed by atoms with E-state index in [0.717, 1.165) is 0 Å². The Morgan fingerprint density at radius 2 is 0.762 bits per heavy atom. The number of hydrogen-bond acceptors (Lipinski definition) is 12. The first-order valence-electron chi connectivity index (χ1n) is 6.78. The molecule has 0 bridgehead atoms. The normalized spacial score (nSPS) is 8.14. The van der Waals surface area contributed by atoms with Gasteiger partial charge in [-0.25, -0.2) is 0 Å². The first kappa shape index (κ1) is 82.8. The van der Waals surface area contributed by atoms with Crippen LogP contribution < -0.4 is 208 Å². The summed E-state index contributed by atoms with van der Waals surface area (Å²) in [5.41, 5.74) is 0. The summed E-state index contributed by atoms with van der Waals surface area (Å²) in [6.07, 6.45) is 0. The molecule has 0 radical (unpaired) electrons. The van der Waals surface area contributed by atoms with Gasteiger partial charge in [0, 0.05) is 5.33 Å². The molecule has 0 fully saturated rings. The first-order chi connectivity index (χ1) is 15.7. The van der Waals surface area contributed by atoms with Crippen LogP contribution in [0.25, 0.3) is 0 Å². The van der Waals surface area contributed by atoms with Crippen LogP contribution in [0.1, 0.15) is 0 Å². The summed E-state index contributed by atoms with van der Waals surface area (Å²) in [6.45, 7) is 0. The van der Waals surface area contributed by atoms with Crippen LogP contribution in [0.4, 0.5) is 0 Å². The molecular formula is C12H6Br6Cl6Na6O12. The SMILES string of the molecule is O=C([O-])C(Br)(Br)Br.O=C([O-])C(Br)Br.O=C([O-])C(Cl)(Cl)Cl.O=C([O-])C(Cl)Cl.O=C([O-])CBr.O=C([O-])CCl.[Na+].[Na+].[Na+].[Na+].[Na+].[Na+]. The number of alkyl halides is 12. The quantitative estimate of drug-likeness (QED) is 0.189. The fraction of sp³-hybridized carbons (Fsp3) is 0.500. The van der Waals surface area contributed by atoms with Gasteiger partial charge >= 0.3 is 177 Å². The van der Waals surface area contributed by atoms with Gasteiger partial charge in [-0.2, -0.15) is 0 Å². The second-order valence-corrected chi connectivity index (χ2v) is 17.8. The van der Waals surface area contributed by atoms with E-state index in [0.29, 0.717) is 0 Å². The van der Waals surface area contributed by atoms with E-state index in [4.69, 9.17) is 67.9 Å². The molecule has 0 aliphatic heterocycles. The average Bonchev–Trinajstić information content (AvgIpc) is 2.68. The standard InChI is InChI=1S/C2HBr3O2.C2H2Br2O2.C2H3BrO2.C2HCl3O2.C2H2Cl2O2.C2H3ClO2.6Na/c3-2(4,5)1(6)7;3-1(4)2(5)6;3-1-2(4)5;3-2(4,5)1(6)7;3-1(4)2(5)6;3-1-2(4)5;;;;;;/h(H,6,7);1H,(H,5,6);1H2,(H,4,5);(H,6,7);1H,(H,5,6);1H2,(H,4,5);;;;;;/q;;;;;;6*+1/p-6. The third-order valence-electron chi connectivity index (χ3n) is 1.04. The third kappa shape index (κ3) is 104. The molecule has 0 aliphatic carbocycles. The molecule has 0 N–H and O–H groups in total. The Morgan fingerprint density at radius 1 is 0.619 bits per heavy atom. The van der Waals surface area contributed by atoms with Crippen molar-refractivity contribution in [3.8, 4) is 0 Å². The van der Waals surface area contributed by atoms with Gasteiger partial charge in [0.15, 0.2) is 2.14 Å². The smallest absolute Gasteiger partial charge is 0.549 e. The van der Waals surface area contributed by atoms with E-state index in [1.807, 2.05) is 0 Å². The van der Waals surface area contributed by atoms with E-state index in [1.165, 1.54) is 0 Å². The molecule has 0 aromatic heterocycles. The van der Waals surface area contributed by atoms with Crippen molar-refractivity contribution in [1.82, 2.24) is 0 Å². The largest absolute Gasteiger partial charge is 1.00 e. The summed E-state index contributed by atoms with van der Waals surface area (Å²) >= 11 is 44.5. The van der Waals surface area contributed by atoms with Crippen LogP contribution in [0.3, 0.4) is 0 Å². The van der Waals surface area contributed by atoms with Crippen molar-refractivity contribution in [3.05, 3.63) is 0 Å². The van der Waals surface area contributed by atoms with Crippen LogP contribution >= 0.6 is 165 Å².